The molecule has 3 amide bonds. The first kappa shape index (κ1) is 19.9. The van der Waals surface area contributed by atoms with Crippen molar-refractivity contribution in [1.29, 1.82) is 0 Å². The van der Waals surface area contributed by atoms with Gasteiger partial charge in [0.1, 0.15) is 12.3 Å². The summed E-state index contributed by atoms with van der Waals surface area (Å²) in [4.78, 5) is 35.3. The molecule has 2 aromatic carbocycles. The second-order valence-corrected chi connectivity index (χ2v) is 6.16. The van der Waals surface area contributed by atoms with Crippen molar-refractivity contribution in [3.63, 3.8) is 0 Å². The predicted octanol–water partition coefficient (Wildman–Crippen LogP) is 3.10. The van der Waals surface area contributed by atoms with Crippen LogP contribution < -0.4 is 14.8 Å². The van der Waals surface area contributed by atoms with Gasteiger partial charge in [0.15, 0.2) is 11.5 Å². The number of ether oxygens (including phenoxy) is 2. The molecule has 0 saturated carbocycles. The summed E-state index contributed by atoms with van der Waals surface area (Å²) in [5.74, 6) is 0.547. The van der Waals surface area contributed by atoms with Gasteiger partial charge in [-0.3, -0.25) is 19.8 Å². The standard InChI is InChI=1S/C20H19N3O6/c1-3-22-19(24)16(21-20(22)25)10-14-6-9-17(18(11-14)28-2)29-12-13-4-7-15(8-5-13)23(26)27/h4-11H,3,12H2,1-2H3,(H,21,25)/b16-10+. The Hall–Kier alpha value is -3.88. The normalized spacial score (nSPS) is 14.8. The Balaban J connectivity index is 1.74. The molecular formula is C20H19N3O6. The highest BCUT2D eigenvalue weighted by Gasteiger charge is 2.32. The molecule has 0 bridgehead atoms. The lowest BCUT2D eigenvalue weighted by molar-refractivity contribution is -0.384. The number of methoxy groups -OCH3 is 1. The number of carbonyl (C=O) groups is 2. The van der Waals surface area contributed by atoms with Crippen molar-refractivity contribution in [2.75, 3.05) is 13.7 Å². The Kier molecular flexibility index (Phi) is 5.77. The van der Waals surface area contributed by atoms with E-state index in [2.05, 4.69) is 5.32 Å². The number of amides is 3. The topological polar surface area (TPSA) is 111 Å². The summed E-state index contributed by atoms with van der Waals surface area (Å²) in [5.41, 5.74) is 1.63. The fourth-order valence-corrected chi connectivity index (χ4v) is 2.79. The fourth-order valence-electron chi connectivity index (χ4n) is 2.79. The monoisotopic (exact) mass is 397 g/mol. The number of nitro groups is 1. The molecule has 1 fully saturated rings. The van der Waals surface area contributed by atoms with Crippen LogP contribution in [0, 0.1) is 10.1 Å². The van der Waals surface area contributed by atoms with Crippen LogP contribution in [0.15, 0.2) is 48.2 Å². The van der Waals surface area contributed by atoms with Crippen molar-refractivity contribution in [2.24, 2.45) is 0 Å². The van der Waals surface area contributed by atoms with Gasteiger partial charge in [-0.05, 0) is 48.4 Å². The minimum absolute atomic E-state index is 0.0129. The maximum Gasteiger partial charge on any atom is 0.328 e. The smallest absolute Gasteiger partial charge is 0.328 e. The number of hydrogen-bond acceptors (Lipinski definition) is 6. The first-order valence-electron chi connectivity index (χ1n) is 8.81. The van der Waals surface area contributed by atoms with Gasteiger partial charge in [-0.2, -0.15) is 0 Å². The Labute approximate surface area is 166 Å². The molecule has 1 heterocycles. The summed E-state index contributed by atoms with van der Waals surface area (Å²) in [7, 11) is 1.49. The molecule has 1 aliphatic rings. The third kappa shape index (κ3) is 4.34. The van der Waals surface area contributed by atoms with E-state index in [0.29, 0.717) is 23.6 Å². The van der Waals surface area contributed by atoms with Crippen LogP contribution in [0.2, 0.25) is 0 Å². The van der Waals surface area contributed by atoms with Crippen LogP contribution in [-0.2, 0) is 11.4 Å². The molecule has 1 N–H and O–H groups in total. The molecule has 0 atom stereocenters. The highest BCUT2D eigenvalue weighted by Crippen LogP contribution is 2.30. The summed E-state index contributed by atoms with van der Waals surface area (Å²) in [6.45, 7) is 2.22. The van der Waals surface area contributed by atoms with E-state index < -0.39 is 11.0 Å². The van der Waals surface area contributed by atoms with Gasteiger partial charge >= 0.3 is 6.03 Å². The van der Waals surface area contributed by atoms with E-state index in [1.165, 1.54) is 19.2 Å². The molecule has 1 aliphatic heterocycles. The molecule has 0 unspecified atom stereocenters. The molecule has 9 nitrogen and oxygen atoms in total. The van der Waals surface area contributed by atoms with Crippen LogP contribution in [-0.4, -0.2) is 35.4 Å². The van der Waals surface area contributed by atoms with E-state index >= 15 is 0 Å². The first-order chi connectivity index (χ1) is 13.9. The molecule has 0 aliphatic carbocycles. The SMILES string of the molecule is CCN1C(=O)N/C(=C/c2ccc(OCc3ccc([N+](=O)[O-])cc3)c(OC)c2)C1=O. The van der Waals surface area contributed by atoms with Crippen molar-refractivity contribution in [2.45, 2.75) is 13.5 Å². The molecule has 3 rings (SSSR count). The van der Waals surface area contributed by atoms with E-state index in [1.54, 1.807) is 43.3 Å². The van der Waals surface area contributed by atoms with E-state index in [1.807, 2.05) is 0 Å². The van der Waals surface area contributed by atoms with E-state index in [9.17, 15) is 19.7 Å². The largest absolute Gasteiger partial charge is 0.493 e. The molecule has 2 aromatic rings. The van der Waals surface area contributed by atoms with Gasteiger partial charge in [0.25, 0.3) is 11.6 Å². The number of non-ortho nitro benzene ring substituents is 1. The number of imide groups is 1. The summed E-state index contributed by atoms with van der Waals surface area (Å²) in [6, 6.07) is 10.7. The highest BCUT2D eigenvalue weighted by molar-refractivity contribution is 6.13. The Morgan fingerprint density at radius 3 is 2.45 bits per heavy atom. The minimum Gasteiger partial charge on any atom is -0.493 e. The number of benzene rings is 2. The summed E-state index contributed by atoms with van der Waals surface area (Å²) in [5, 5.41) is 13.3. The van der Waals surface area contributed by atoms with Gasteiger partial charge < -0.3 is 14.8 Å². The lowest BCUT2D eigenvalue weighted by Crippen LogP contribution is -2.30. The van der Waals surface area contributed by atoms with Crippen LogP contribution in [0.4, 0.5) is 10.5 Å². The van der Waals surface area contributed by atoms with Crippen molar-refractivity contribution in [3.8, 4) is 11.5 Å². The van der Waals surface area contributed by atoms with E-state index in [4.69, 9.17) is 9.47 Å². The fraction of sp³-hybridized carbons (Fsp3) is 0.200. The van der Waals surface area contributed by atoms with E-state index in [-0.39, 0.29) is 23.9 Å². The molecule has 150 valence electrons. The first-order valence-corrected chi connectivity index (χ1v) is 8.81. The molecular weight excluding hydrogens is 378 g/mol. The minimum atomic E-state index is -0.460. The second-order valence-electron chi connectivity index (χ2n) is 6.16. The number of nitrogens with zero attached hydrogens (tertiary/aromatic N) is 2. The molecule has 0 spiro atoms. The highest BCUT2D eigenvalue weighted by atomic mass is 16.6. The Morgan fingerprint density at radius 1 is 1.14 bits per heavy atom. The lowest BCUT2D eigenvalue weighted by atomic mass is 10.1. The molecule has 0 aromatic heterocycles. The van der Waals surface area contributed by atoms with Crippen molar-refractivity contribution in [1.82, 2.24) is 10.2 Å². The Bertz CT molecular complexity index is 984. The zero-order valence-electron chi connectivity index (χ0n) is 15.9. The second kappa shape index (κ2) is 8.42. The number of carbonyl (C=O) groups excluding carboxylic acids is 2. The maximum atomic E-state index is 12.2. The Morgan fingerprint density at radius 2 is 1.86 bits per heavy atom. The van der Waals surface area contributed by atoms with Gasteiger partial charge in [-0.1, -0.05) is 6.07 Å². The van der Waals surface area contributed by atoms with Gasteiger partial charge in [0.05, 0.1) is 12.0 Å². The van der Waals surface area contributed by atoms with Crippen molar-refractivity contribution >= 4 is 23.7 Å². The number of urea groups is 1. The van der Waals surface area contributed by atoms with Gasteiger partial charge in [-0.25, -0.2) is 4.79 Å². The lowest BCUT2D eigenvalue weighted by Gasteiger charge is -2.11. The van der Waals surface area contributed by atoms with Crippen molar-refractivity contribution < 1.29 is 24.0 Å². The number of likely N-dealkylation sites (N-methyl/N-ethyl adjacent to an activating group) is 1. The average molecular weight is 397 g/mol. The third-order valence-corrected chi connectivity index (χ3v) is 4.32. The van der Waals surface area contributed by atoms with Crippen molar-refractivity contribution in [3.05, 3.63) is 69.4 Å². The average Bonchev–Trinajstić information content (AvgIpc) is 2.99. The summed E-state index contributed by atoms with van der Waals surface area (Å²) in [6.07, 6.45) is 1.57. The summed E-state index contributed by atoms with van der Waals surface area (Å²) >= 11 is 0. The molecule has 0 radical (unpaired) electrons. The van der Waals surface area contributed by atoms with Gasteiger partial charge in [0.2, 0.25) is 0 Å². The van der Waals surface area contributed by atoms with Crippen LogP contribution in [0.3, 0.4) is 0 Å². The van der Waals surface area contributed by atoms with E-state index in [0.717, 1.165) is 10.5 Å². The van der Waals surface area contributed by atoms with Crippen LogP contribution >= 0.6 is 0 Å². The number of rotatable bonds is 7. The molecule has 1 saturated heterocycles. The quantitative estimate of drug-likeness (QED) is 0.333. The summed E-state index contributed by atoms with van der Waals surface area (Å²) < 4.78 is 11.1. The predicted molar refractivity (Wildman–Crippen MR) is 104 cm³/mol. The zero-order chi connectivity index (χ0) is 21.0. The zero-order valence-corrected chi connectivity index (χ0v) is 15.9. The number of nitro benzene ring substituents is 1. The van der Waals surface area contributed by atoms with Crippen LogP contribution in [0.25, 0.3) is 6.08 Å². The van der Waals surface area contributed by atoms with Gasteiger partial charge in [0, 0.05) is 18.7 Å². The molecule has 29 heavy (non-hydrogen) atoms. The maximum absolute atomic E-state index is 12.2. The number of nitrogens with one attached hydrogen (secondary N) is 1. The van der Waals surface area contributed by atoms with Crippen LogP contribution in [0.1, 0.15) is 18.1 Å². The van der Waals surface area contributed by atoms with Crippen LogP contribution in [0.5, 0.6) is 11.5 Å². The third-order valence-electron chi connectivity index (χ3n) is 4.32. The molecule has 9 heteroatoms. The van der Waals surface area contributed by atoms with Gasteiger partial charge in [-0.15, -0.1) is 0 Å². The number of hydrogen-bond donors (Lipinski definition) is 1.